The van der Waals surface area contributed by atoms with Crippen LogP contribution in [-0.4, -0.2) is 31.6 Å². The summed E-state index contributed by atoms with van der Waals surface area (Å²) in [4.78, 5) is 23.6. The van der Waals surface area contributed by atoms with Crippen molar-refractivity contribution in [2.45, 2.75) is 40.0 Å². The molecule has 0 fully saturated rings. The molecule has 0 heterocycles. The van der Waals surface area contributed by atoms with E-state index in [1.165, 1.54) is 0 Å². The van der Waals surface area contributed by atoms with Crippen LogP contribution in [0.15, 0.2) is 24.3 Å². The van der Waals surface area contributed by atoms with Crippen molar-refractivity contribution in [3.63, 3.8) is 0 Å². The molecule has 0 atom stereocenters. The number of rotatable bonds is 10. The largest absolute Gasteiger partial charge is 0.462 e. The van der Waals surface area contributed by atoms with Crippen molar-refractivity contribution in [3.8, 4) is 0 Å². The summed E-state index contributed by atoms with van der Waals surface area (Å²) >= 11 is 0. The normalized spacial score (nSPS) is 10.2. The van der Waals surface area contributed by atoms with Crippen LogP contribution in [0.4, 0.5) is 5.69 Å². The molecule has 0 bridgehead atoms. The van der Waals surface area contributed by atoms with Gasteiger partial charge in [0.1, 0.15) is 0 Å². The second-order valence-electron chi connectivity index (χ2n) is 5.99. The van der Waals surface area contributed by atoms with Gasteiger partial charge in [-0.05, 0) is 43.1 Å². The number of ether oxygens (including phenoxy) is 1. The van der Waals surface area contributed by atoms with Gasteiger partial charge < -0.3 is 15.4 Å². The van der Waals surface area contributed by atoms with E-state index in [-0.39, 0.29) is 30.8 Å². The molecule has 0 saturated heterocycles. The Hall–Kier alpha value is -1.59. The molecule has 0 aliphatic heterocycles. The fraction of sp³-hybridized carbons (Fsp3) is 0.556. The summed E-state index contributed by atoms with van der Waals surface area (Å²) in [5.74, 6) is 0.0866. The van der Waals surface area contributed by atoms with Gasteiger partial charge in [0, 0.05) is 5.69 Å². The Bertz CT molecular complexity index is 490. The molecule has 0 saturated carbocycles. The van der Waals surface area contributed by atoms with Crippen LogP contribution in [0.3, 0.4) is 0 Å². The Morgan fingerprint density at radius 2 is 1.79 bits per heavy atom. The number of benzene rings is 1. The number of carbonyl (C=O) groups excluding carboxylic acids is 2. The van der Waals surface area contributed by atoms with Gasteiger partial charge in [-0.15, -0.1) is 12.4 Å². The Balaban J connectivity index is 0.00000529. The highest BCUT2D eigenvalue weighted by atomic mass is 35.5. The van der Waals surface area contributed by atoms with Crippen LogP contribution < -0.4 is 10.6 Å². The van der Waals surface area contributed by atoms with Gasteiger partial charge >= 0.3 is 5.97 Å². The molecule has 1 aromatic carbocycles. The Morgan fingerprint density at radius 3 is 2.38 bits per heavy atom. The molecule has 1 aromatic rings. The Morgan fingerprint density at radius 1 is 1.12 bits per heavy atom. The van der Waals surface area contributed by atoms with E-state index in [1.807, 2.05) is 0 Å². The summed E-state index contributed by atoms with van der Waals surface area (Å²) in [5, 5.41) is 5.87. The molecule has 0 spiro atoms. The summed E-state index contributed by atoms with van der Waals surface area (Å²) in [7, 11) is 0. The molecule has 24 heavy (non-hydrogen) atoms. The fourth-order valence-corrected chi connectivity index (χ4v) is 1.97. The summed E-state index contributed by atoms with van der Waals surface area (Å²) in [6.45, 7) is 7.81. The molecule has 5 nitrogen and oxygen atoms in total. The quantitative estimate of drug-likeness (QED) is 0.496. The molecular formula is C18H29ClN2O3. The molecule has 0 aromatic heterocycles. The topological polar surface area (TPSA) is 67.4 Å². The molecule has 0 aliphatic rings. The van der Waals surface area contributed by atoms with Crippen LogP contribution in [0.5, 0.6) is 0 Å². The van der Waals surface area contributed by atoms with Crippen LogP contribution in [-0.2, 0) is 9.53 Å². The van der Waals surface area contributed by atoms with Crippen molar-refractivity contribution >= 4 is 30.0 Å². The minimum Gasteiger partial charge on any atom is -0.462 e. The molecule has 136 valence electrons. The third-order valence-corrected chi connectivity index (χ3v) is 3.22. The highest BCUT2D eigenvalue weighted by Crippen LogP contribution is 2.11. The van der Waals surface area contributed by atoms with Crippen LogP contribution >= 0.6 is 12.4 Å². The first-order chi connectivity index (χ1) is 11.0. The van der Waals surface area contributed by atoms with E-state index in [0.29, 0.717) is 23.8 Å². The first kappa shape index (κ1) is 22.4. The average Bonchev–Trinajstić information content (AvgIpc) is 2.51. The van der Waals surface area contributed by atoms with Crippen LogP contribution in [0.1, 0.15) is 50.4 Å². The first-order valence-corrected chi connectivity index (χ1v) is 8.30. The number of unbranched alkanes of at least 4 members (excludes halogenated alkanes) is 2. The number of hydrogen-bond donors (Lipinski definition) is 2. The van der Waals surface area contributed by atoms with E-state index in [4.69, 9.17) is 4.74 Å². The van der Waals surface area contributed by atoms with E-state index in [2.05, 4.69) is 31.4 Å². The maximum absolute atomic E-state index is 11.8. The van der Waals surface area contributed by atoms with Crippen molar-refractivity contribution in [2.24, 2.45) is 5.92 Å². The molecule has 0 radical (unpaired) electrons. The lowest BCUT2D eigenvalue weighted by molar-refractivity contribution is -0.115. The van der Waals surface area contributed by atoms with Crippen molar-refractivity contribution in [2.75, 3.05) is 25.0 Å². The maximum Gasteiger partial charge on any atom is 0.338 e. The number of anilines is 1. The van der Waals surface area contributed by atoms with Crippen LogP contribution in [0.25, 0.3) is 0 Å². The molecule has 6 heteroatoms. The van der Waals surface area contributed by atoms with Gasteiger partial charge in [0.15, 0.2) is 0 Å². The standard InChI is InChI=1S/C18H28N2O3.ClH/c1-4-5-6-11-23-18(22)15-7-9-16(10-8-15)20-17(21)13-19-12-14(2)3;/h7-10,14,19H,4-6,11-13H2,1-3H3,(H,20,21);1H. The number of hydrogen-bond acceptors (Lipinski definition) is 4. The summed E-state index contributed by atoms with van der Waals surface area (Å²) in [6.07, 6.45) is 3.04. The fourth-order valence-electron chi connectivity index (χ4n) is 1.97. The van der Waals surface area contributed by atoms with Crippen molar-refractivity contribution in [3.05, 3.63) is 29.8 Å². The van der Waals surface area contributed by atoms with Crippen molar-refractivity contribution in [1.82, 2.24) is 5.32 Å². The Kier molecular flexibility index (Phi) is 11.9. The molecular weight excluding hydrogens is 328 g/mol. The lowest BCUT2D eigenvalue weighted by Crippen LogP contribution is -2.30. The zero-order chi connectivity index (χ0) is 17.1. The average molecular weight is 357 g/mol. The lowest BCUT2D eigenvalue weighted by atomic mass is 10.2. The molecule has 0 unspecified atom stereocenters. The zero-order valence-corrected chi connectivity index (χ0v) is 15.6. The minimum absolute atomic E-state index is 0. The molecule has 0 aliphatic carbocycles. The predicted molar refractivity (Wildman–Crippen MR) is 99.8 cm³/mol. The van der Waals surface area contributed by atoms with E-state index in [9.17, 15) is 9.59 Å². The van der Waals surface area contributed by atoms with E-state index in [1.54, 1.807) is 24.3 Å². The summed E-state index contributed by atoms with van der Waals surface area (Å²) in [6, 6.07) is 6.75. The van der Waals surface area contributed by atoms with E-state index < -0.39 is 0 Å². The molecule has 2 N–H and O–H groups in total. The SMILES string of the molecule is CCCCCOC(=O)c1ccc(NC(=O)CNCC(C)C)cc1.Cl. The number of esters is 1. The number of amides is 1. The van der Waals surface area contributed by atoms with Gasteiger partial charge in [0.2, 0.25) is 5.91 Å². The number of halogens is 1. The van der Waals surface area contributed by atoms with Gasteiger partial charge in [0.05, 0.1) is 18.7 Å². The van der Waals surface area contributed by atoms with Crippen LogP contribution in [0.2, 0.25) is 0 Å². The second kappa shape index (κ2) is 12.8. The smallest absolute Gasteiger partial charge is 0.338 e. The third-order valence-electron chi connectivity index (χ3n) is 3.22. The van der Waals surface area contributed by atoms with E-state index >= 15 is 0 Å². The third kappa shape index (κ3) is 9.53. The molecule has 1 rings (SSSR count). The first-order valence-electron chi connectivity index (χ1n) is 8.30. The zero-order valence-electron chi connectivity index (χ0n) is 14.8. The van der Waals surface area contributed by atoms with Crippen LogP contribution in [0, 0.1) is 5.92 Å². The Labute approximate surface area is 151 Å². The highest BCUT2D eigenvalue weighted by Gasteiger charge is 2.08. The minimum atomic E-state index is -0.322. The number of carbonyl (C=O) groups is 2. The predicted octanol–water partition coefficient (Wildman–Crippen LogP) is 3.64. The highest BCUT2D eigenvalue weighted by molar-refractivity contribution is 5.94. The van der Waals surface area contributed by atoms with Gasteiger partial charge in [-0.2, -0.15) is 0 Å². The number of nitrogens with one attached hydrogen (secondary N) is 2. The van der Waals surface area contributed by atoms with Gasteiger partial charge in [0.25, 0.3) is 0 Å². The van der Waals surface area contributed by atoms with Gasteiger partial charge in [-0.1, -0.05) is 33.6 Å². The van der Waals surface area contributed by atoms with E-state index in [0.717, 1.165) is 25.8 Å². The van der Waals surface area contributed by atoms with Gasteiger partial charge in [-0.3, -0.25) is 4.79 Å². The lowest BCUT2D eigenvalue weighted by Gasteiger charge is -2.09. The van der Waals surface area contributed by atoms with Crippen molar-refractivity contribution < 1.29 is 14.3 Å². The van der Waals surface area contributed by atoms with Crippen molar-refractivity contribution in [1.29, 1.82) is 0 Å². The summed E-state index contributed by atoms with van der Waals surface area (Å²) < 4.78 is 5.19. The maximum atomic E-state index is 11.8. The summed E-state index contributed by atoms with van der Waals surface area (Å²) in [5.41, 5.74) is 1.17. The second-order valence-corrected chi connectivity index (χ2v) is 5.99. The van der Waals surface area contributed by atoms with Gasteiger partial charge in [-0.25, -0.2) is 4.79 Å². The molecule has 1 amide bonds. The monoisotopic (exact) mass is 356 g/mol.